The second kappa shape index (κ2) is 80.0. The van der Waals surface area contributed by atoms with Crippen molar-refractivity contribution in [2.24, 2.45) is 82.1 Å². The van der Waals surface area contributed by atoms with Gasteiger partial charge in [0, 0.05) is 30.1 Å². The number of aliphatic carboxylic acids is 1. The Bertz CT molecular complexity index is 3010. The van der Waals surface area contributed by atoms with Gasteiger partial charge in [-0.3, -0.25) is 4.79 Å². The first-order valence-electron chi connectivity index (χ1n) is 44.7. The smallest absolute Gasteiger partial charge is 0.408 e. The molecule has 0 aliphatic heterocycles. The van der Waals surface area contributed by atoms with Gasteiger partial charge in [0.25, 0.3) is 0 Å². The van der Waals surface area contributed by atoms with Crippen LogP contribution < -0.4 is 49.5 Å². The normalized spacial score (nSPS) is 15.2. The average Bonchev–Trinajstić information content (AvgIpc) is 0.870. The molecule has 132 heavy (non-hydrogen) atoms. The van der Waals surface area contributed by atoms with Crippen LogP contribution in [0.3, 0.4) is 0 Å². The van der Waals surface area contributed by atoms with Crippen molar-refractivity contribution in [3.05, 3.63) is 0 Å². The molecule has 0 radical (unpaired) electrons. The number of nitrogens with one attached hydrogen (secondary N) is 5. The van der Waals surface area contributed by atoms with Crippen LogP contribution in [0.25, 0.3) is 0 Å². The van der Waals surface area contributed by atoms with Crippen molar-refractivity contribution >= 4 is 78.8 Å². The number of carboxylic acids is 1. The summed E-state index contributed by atoms with van der Waals surface area (Å²) in [6.45, 7) is 57.0. The topological polar surface area (TPSA) is 632 Å². The molecule has 1 rings (SSSR count). The number of esters is 4. The van der Waals surface area contributed by atoms with E-state index < -0.39 is 156 Å². The molecule has 0 bridgehead atoms. The molecular formula is C93H191ClN10O28. The Balaban J connectivity index is -0.000000140. The number of carbonyl (C=O) groups is 11. The molecule has 0 aromatic heterocycles. The van der Waals surface area contributed by atoms with Crippen LogP contribution in [-0.4, -0.2) is 267 Å². The van der Waals surface area contributed by atoms with Gasteiger partial charge in [-0.25, -0.2) is 43.2 Å². The number of halogens is 1. The number of hydrogen-bond acceptors (Lipinski definition) is 32. The number of aldehydes is 1. The summed E-state index contributed by atoms with van der Waals surface area (Å²) in [6.07, 6.45) is 1.37. The van der Waals surface area contributed by atoms with Gasteiger partial charge < -0.3 is 138 Å². The maximum absolute atomic E-state index is 12.2. The number of nitrogens with zero attached hydrogens (tertiary/aromatic N) is 1. The number of methoxy groups -OCH3 is 4. The molecule has 38 nitrogen and oxygen atoms in total. The fraction of sp³-hybridized carbons (Fsp3) is 0.871. The molecule has 0 saturated heterocycles. The number of nitriles is 1. The number of aliphatic hydroxyl groups excluding tert-OH is 8. The van der Waals surface area contributed by atoms with Crippen LogP contribution in [0.4, 0.5) is 19.2 Å². The summed E-state index contributed by atoms with van der Waals surface area (Å²) < 4.78 is 38.0. The van der Waals surface area contributed by atoms with E-state index in [2.05, 4.69) is 59.4 Å². The van der Waals surface area contributed by atoms with Gasteiger partial charge >= 0.3 is 54.2 Å². The van der Waals surface area contributed by atoms with Crippen LogP contribution in [-0.2, 0) is 71.5 Å². The van der Waals surface area contributed by atoms with Gasteiger partial charge in [-0.1, -0.05) is 159 Å². The van der Waals surface area contributed by atoms with Crippen molar-refractivity contribution in [1.82, 2.24) is 26.6 Å². The quantitative estimate of drug-likeness (QED) is 0.0118. The SMILES string of the molecule is C.C.CC(C)C[C@@H](C=O)NC(=O)OC(C)(C)C.CC(C)C[C@@H](CO)NC(=O)OC(C)(C)C.CC(C)C[C@H](N)C(O)C(=O)O.CC(C)C[C@H](N)CO.CC(C)C[C@H](NC(=O)OC(C)(C)C)C(O)C#N.COC(=O)C(O)[C@@H](N)CC(C)C.COC(=O)C(O)[C@@H](N)CC(C)C.COC(=O)C(O)[C@H](CC(C)C)NC(=O)C1CCCCC1.COC(=O)C(O)[C@H](CC(C)C)NC(=O)OC(C)(C)C.Cl. The third-order valence-corrected chi connectivity index (χ3v) is 16.9. The van der Waals surface area contributed by atoms with E-state index in [0.717, 1.165) is 44.8 Å². The average molecular weight is 1930 g/mol. The zero-order valence-corrected chi connectivity index (χ0v) is 86.1. The number of amides is 5. The van der Waals surface area contributed by atoms with Gasteiger partial charge in [-0.15, -0.1) is 12.4 Å². The molecule has 22 N–H and O–H groups in total. The third-order valence-electron chi connectivity index (χ3n) is 16.9. The van der Waals surface area contributed by atoms with Gasteiger partial charge in [0.2, 0.25) is 5.91 Å². The van der Waals surface area contributed by atoms with E-state index in [1.807, 2.05) is 132 Å². The van der Waals surface area contributed by atoms with Gasteiger partial charge in [0.05, 0.1) is 77.9 Å². The summed E-state index contributed by atoms with van der Waals surface area (Å²) >= 11 is 0. The summed E-state index contributed by atoms with van der Waals surface area (Å²) in [7, 11) is 4.88. The summed E-state index contributed by atoms with van der Waals surface area (Å²) in [6, 6.07) is -2.60. The summed E-state index contributed by atoms with van der Waals surface area (Å²) in [4.78, 5) is 123. The van der Waals surface area contributed by atoms with E-state index in [4.69, 9.17) is 67.6 Å². The first kappa shape index (κ1) is 148. The lowest BCUT2D eigenvalue weighted by Gasteiger charge is -2.27. The highest BCUT2D eigenvalue weighted by atomic mass is 35.5. The predicted molar refractivity (Wildman–Crippen MR) is 516 cm³/mol. The number of rotatable bonds is 38. The molecule has 788 valence electrons. The monoisotopic (exact) mass is 1930 g/mol. The predicted octanol–water partition coefficient (Wildman–Crippen LogP) is 10.6. The van der Waals surface area contributed by atoms with Gasteiger partial charge in [0.1, 0.15) is 28.7 Å². The first-order chi connectivity index (χ1) is 58.7. The van der Waals surface area contributed by atoms with Crippen LogP contribution in [0.5, 0.6) is 0 Å². The maximum Gasteiger partial charge on any atom is 0.408 e. The Labute approximate surface area is 799 Å². The van der Waals surface area contributed by atoms with E-state index in [-0.39, 0.29) is 82.1 Å². The van der Waals surface area contributed by atoms with E-state index in [1.54, 1.807) is 68.4 Å². The first-order valence-corrected chi connectivity index (χ1v) is 44.7. The van der Waals surface area contributed by atoms with Crippen molar-refractivity contribution in [2.75, 3.05) is 41.7 Å². The van der Waals surface area contributed by atoms with Crippen LogP contribution in [0.15, 0.2) is 0 Å². The standard InChI is InChI=1S/C15H27NO4.C13H25NO5.C12H22N2O3.C11H23NO3.C11H21NO3.2C8H17NO3.C7H15NO3.C6H15NO.2CH4.ClH/c1-10(2)9-12(13(17)15(19)20-3)16-14(18)11-7-5-4-6-8-11;1-8(2)7-9(10(15)11(16)18-6)14-12(17)19-13(3,4)5;1-8(2)6-9(10(15)7-13)14-11(16)17-12(3,4)5;2*1-8(2)6-9(7-13)12-10(14)15-11(3,4)5;2*1-5(2)4-6(9)7(10)8(11)12-3;1-4(2)3-5(8)6(9)7(10)11;1-5(2)3-6(7)4-8;;;/h10-13,17H,4-9H2,1-3H3,(H,16,18);8-10,15H,7H2,1-6H3,(H,14,17);8-10,15H,6H2,1-5H3,(H,14,16);8-9,13H,6-7H2,1-5H3,(H,12,14);7-9H,6H2,1-5H3,(H,12,14);2*5-7,10H,4,9H2,1-3H3;4-6,9H,3,8H2,1-2H3,(H,10,11);5-6,8H,3-4,7H2,1-2H3;2*1H4;1H/t12-,13?;2*9-,10?;2*9-;2*6-,7?;5-,6?;6-;;;/m000000000.../s1. The minimum absolute atomic E-state index is 0. The Morgan fingerprint density at radius 1 is 0.379 bits per heavy atom. The zero-order valence-electron chi connectivity index (χ0n) is 85.3. The largest absolute Gasteiger partial charge is 0.479 e. The minimum Gasteiger partial charge on any atom is -0.479 e. The van der Waals surface area contributed by atoms with Crippen molar-refractivity contribution < 1.29 is 137 Å². The maximum atomic E-state index is 12.2. The summed E-state index contributed by atoms with van der Waals surface area (Å²) in [5, 5.41) is 104. The Kier molecular flexibility index (Phi) is 89.6. The van der Waals surface area contributed by atoms with E-state index in [0.29, 0.717) is 80.5 Å². The number of alkyl carbamates (subject to hydrolysis) is 4. The lowest BCUT2D eigenvalue weighted by Crippen LogP contribution is -2.49. The van der Waals surface area contributed by atoms with E-state index >= 15 is 0 Å². The van der Waals surface area contributed by atoms with E-state index in [9.17, 15) is 78.3 Å². The van der Waals surface area contributed by atoms with Crippen LogP contribution in [0.1, 0.15) is 312 Å². The van der Waals surface area contributed by atoms with Crippen molar-refractivity contribution in [3.63, 3.8) is 0 Å². The van der Waals surface area contributed by atoms with Crippen molar-refractivity contribution in [1.29, 1.82) is 5.26 Å². The lowest BCUT2D eigenvalue weighted by atomic mass is 9.88. The molecule has 15 atom stereocenters. The number of aliphatic hydroxyl groups is 8. The molecule has 1 aliphatic carbocycles. The molecule has 1 saturated carbocycles. The number of nitrogens with two attached hydrogens (primary N) is 4. The van der Waals surface area contributed by atoms with Gasteiger partial charge in [-0.05, 0) is 207 Å². The number of carbonyl (C=O) groups excluding carboxylic acids is 10. The second-order valence-corrected chi connectivity index (χ2v) is 39.7. The fourth-order valence-corrected chi connectivity index (χ4v) is 11.4. The molecule has 1 fully saturated rings. The number of hydrogen-bond donors (Lipinski definition) is 18. The molecule has 6 unspecified atom stereocenters. The van der Waals surface area contributed by atoms with Gasteiger partial charge in [-0.2, -0.15) is 5.26 Å². The highest BCUT2D eigenvalue weighted by Gasteiger charge is 2.35. The van der Waals surface area contributed by atoms with Crippen LogP contribution in [0.2, 0.25) is 0 Å². The molecular weight excluding hydrogens is 1740 g/mol. The lowest BCUT2D eigenvalue weighted by molar-refractivity contribution is -0.153. The zero-order chi connectivity index (χ0) is 103. The molecule has 1 aliphatic rings. The molecule has 0 spiro atoms. The summed E-state index contributed by atoms with van der Waals surface area (Å²) in [5.74, 6) is -0.947. The van der Waals surface area contributed by atoms with Crippen molar-refractivity contribution in [2.45, 2.75) is 426 Å². The highest BCUT2D eigenvalue weighted by Crippen LogP contribution is 2.25. The minimum atomic E-state index is -1.43. The Morgan fingerprint density at radius 2 is 0.644 bits per heavy atom. The highest BCUT2D eigenvalue weighted by molar-refractivity contribution is 5.85. The molecule has 0 aromatic rings. The molecule has 0 heterocycles. The Morgan fingerprint density at radius 3 is 0.894 bits per heavy atom. The summed E-state index contributed by atoms with van der Waals surface area (Å²) in [5.41, 5.74) is 19.6. The van der Waals surface area contributed by atoms with Crippen LogP contribution in [0, 0.1) is 70.5 Å². The number of carboxylic acid groups (broad SMARTS) is 1. The van der Waals surface area contributed by atoms with Crippen molar-refractivity contribution in [3.8, 4) is 6.07 Å². The second-order valence-electron chi connectivity index (χ2n) is 39.7. The Hall–Kier alpha value is -7.13. The number of ether oxygens (including phenoxy) is 8. The third kappa shape index (κ3) is 92.0. The van der Waals surface area contributed by atoms with Crippen LogP contribution >= 0.6 is 12.4 Å². The van der Waals surface area contributed by atoms with E-state index in [1.165, 1.54) is 34.9 Å². The molecule has 5 amide bonds. The molecule has 39 heteroatoms. The van der Waals surface area contributed by atoms with Gasteiger partial charge in [0.15, 0.2) is 36.6 Å². The fourth-order valence-electron chi connectivity index (χ4n) is 11.4. The molecule has 0 aromatic carbocycles.